The summed E-state index contributed by atoms with van der Waals surface area (Å²) in [6.45, 7) is 0.982. The number of carbonyl (C=O) groups excluding carboxylic acids is 1. The van der Waals surface area contributed by atoms with Gasteiger partial charge >= 0.3 is 0 Å². The third kappa shape index (κ3) is 4.70. The molecular weight excluding hydrogens is 420 g/mol. The Morgan fingerprint density at radius 1 is 1.09 bits per heavy atom. The van der Waals surface area contributed by atoms with Gasteiger partial charge in [0.25, 0.3) is 5.91 Å². The number of hydrogen-bond acceptors (Lipinski definition) is 5. The first-order valence-corrected chi connectivity index (χ1v) is 10.9. The number of nitrogens with zero attached hydrogens (tertiary/aromatic N) is 2. The molecule has 3 aromatic rings. The quantitative estimate of drug-likeness (QED) is 0.377. The van der Waals surface area contributed by atoms with E-state index >= 15 is 0 Å². The molecule has 6 heteroatoms. The van der Waals surface area contributed by atoms with Crippen LogP contribution in [0.5, 0.6) is 5.75 Å². The number of aliphatic imine (C=N–C) groups is 1. The van der Waals surface area contributed by atoms with Gasteiger partial charge in [0.2, 0.25) is 0 Å². The number of para-hydroxylation sites is 1. The molecule has 3 aromatic carbocycles. The zero-order chi connectivity index (χ0) is 22.3. The normalized spacial score (nSPS) is 16.1. The van der Waals surface area contributed by atoms with E-state index in [4.69, 9.17) is 20.9 Å². The molecule has 1 aliphatic heterocycles. The molecule has 1 saturated heterocycles. The van der Waals surface area contributed by atoms with E-state index < -0.39 is 0 Å². The van der Waals surface area contributed by atoms with Crippen LogP contribution in [0.2, 0.25) is 0 Å². The highest BCUT2D eigenvalue weighted by molar-refractivity contribution is 8.18. The Morgan fingerprint density at radius 3 is 2.66 bits per heavy atom. The predicted octanol–water partition coefficient (Wildman–Crippen LogP) is 5.10. The van der Waals surface area contributed by atoms with Gasteiger partial charge in [0.15, 0.2) is 5.17 Å². The van der Waals surface area contributed by atoms with Crippen molar-refractivity contribution in [1.29, 1.82) is 0 Å². The molecule has 0 aromatic heterocycles. The van der Waals surface area contributed by atoms with Crippen LogP contribution < -0.4 is 4.74 Å². The van der Waals surface area contributed by atoms with Gasteiger partial charge in [0.05, 0.1) is 23.7 Å². The lowest BCUT2D eigenvalue weighted by Crippen LogP contribution is -2.32. The fourth-order valence-corrected chi connectivity index (χ4v) is 4.39. The van der Waals surface area contributed by atoms with E-state index in [0.29, 0.717) is 29.0 Å². The Morgan fingerprint density at radius 2 is 1.88 bits per heavy atom. The summed E-state index contributed by atoms with van der Waals surface area (Å²) in [6, 6.07) is 21.4. The van der Waals surface area contributed by atoms with Gasteiger partial charge in [0, 0.05) is 12.7 Å². The maximum Gasteiger partial charge on any atom is 0.266 e. The molecule has 1 amide bonds. The van der Waals surface area contributed by atoms with Gasteiger partial charge in [-0.15, -0.1) is 6.42 Å². The maximum atomic E-state index is 13.3. The number of hydrogen-bond donors (Lipinski definition) is 0. The van der Waals surface area contributed by atoms with Crippen LogP contribution in [-0.4, -0.2) is 42.8 Å². The lowest BCUT2D eigenvalue weighted by molar-refractivity contribution is -0.122. The molecule has 4 rings (SSSR count). The maximum absolute atomic E-state index is 13.3. The van der Waals surface area contributed by atoms with Gasteiger partial charge in [-0.1, -0.05) is 54.5 Å². The lowest BCUT2D eigenvalue weighted by atomic mass is 10.0. The van der Waals surface area contributed by atoms with E-state index in [2.05, 4.69) is 5.92 Å². The Balaban J connectivity index is 1.78. The number of carbonyl (C=O) groups is 1. The van der Waals surface area contributed by atoms with E-state index in [1.165, 1.54) is 11.8 Å². The van der Waals surface area contributed by atoms with Crippen LogP contribution in [0.4, 0.5) is 5.69 Å². The molecule has 0 aliphatic carbocycles. The van der Waals surface area contributed by atoms with Crippen molar-refractivity contribution in [3.63, 3.8) is 0 Å². The summed E-state index contributed by atoms with van der Waals surface area (Å²) in [5, 5.41) is 2.66. The first-order valence-electron chi connectivity index (χ1n) is 10.1. The number of methoxy groups -OCH3 is 1. The summed E-state index contributed by atoms with van der Waals surface area (Å²) in [7, 11) is 1.61. The van der Waals surface area contributed by atoms with E-state index in [1.807, 2.05) is 72.8 Å². The first kappa shape index (κ1) is 21.7. The number of benzene rings is 3. The number of thioether (sulfide) groups is 1. The van der Waals surface area contributed by atoms with Crippen molar-refractivity contribution in [1.82, 2.24) is 4.90 Å². The molecule has 0 atom stereocenters. The molecule has 0 bridgehead atoms. The monoisotopic (exact) mass is 442 g/mol. The molecule has 0 saturated carbocycles. The van der Waals surface area contributed by atoms with Crippen molar-refractivity contribution in [2.24, 2.45) is 4.99 Å². The minimum absolute atomic E-state index is 0.113. The van der Waals surface area contributed by atoms with Gasteiger partial charge in [-0.05, 0) is 46.8 Å². The summed E-state index contributed by atoms with van der Waals surface area (Å²) >= 11 is 1.34. The fraction of sp³-hybridized carbons (Fsp3) is 0.154. The van der Waals surface area contributed by atoms with Crippen molar-refractivity contribution in [2.45, 2.75) is 0 Å². The fourth-order valence-electron chi connectivity index (χ4n) is 3.38. The van der Waals surface area contributed by atoms with Crippen molar-refractivity contribution < 1.29 is 14.3 Å². The molecule has 0 radical (unpaired) electrons. The van der Waals surface area contributed by atoms with Crippen molar-refractivity contribution >= 4 is 45.4 Å². The lowest BCUT2D eigenvalue weighted by Gasteiger charge is -2.14. The third-order valence-corrected chi connectivity index (χ3v) is 5.91. The molecule has 0 N–H and O–H groups in total. The SMILES string of the molecule is C#CCOc1ccc2ccccc2c1/C=C1/SC(=Nc2ccccc2)N(CCOC)C1=O. The molecule has 0 spiro atoms. The van der Waals surface area contributed by atoms with Crippen molar-refractivity contribution in [2.75, 3.05) is 26.9 Å². The summed E-state index contributed by atoms with van der Waals surface area (Å²) in [5.41, 5.74) is 1.61. The third-order valence-electron chi connectivity index (χ3n) is 4.91. The van der Waals surface area contributed by atoms with Crippen LogP contribution in [0, 0.1) is 12.3 Å². The van der Waals surface area contributed by atoms with Crippen molar-refractivity contribution in [3.8, 4) is 18.1 Å². The highest BCUT2D eigenvalue weighted by Crippen LogP contribution is 2.37. The number of fused-ring (bicyclic) bond motifs is 1. The summed E-state index contributed by atoms with van der Waals surface area (Å²) in [5.74, 6) is 3.03. The summed E-state index contributed by atoms with van der Waals surface area (Å²) in [4.78, 5) is 20.2. The molecule has 1 aliphatic rings. The second kappa shape index (κ2) is 10.2. The van der Waals surface area contributed by atoms with Crippen LogP contribution in [0.15, 0.2) is 76.6 Å². The Hall–Kier alpha value is -3.53. The molecule has 160 valence electrons. The van der Waals surface area contributed by atoms with Crippen LogP contribution in [-0.2, 0) is 9.53 Å². The number of amides is 1. The Kier molecular flexibility index (Phi) is 6.90. The topological polar surface area (TPSA) is 51.1 Å². The van der Waals surface area contributed by atoms with Crippen LogP contribution >= 0.6 is 11.8 Å². The Labute approximate surface area is 191 Å². The highest BCUT2D eigenvalue weighted by atomic mass is 32.2. The molecule has 32 heavy (non-hydrogen) atoms. The number of terminal acetylenes is 1. The molecule has 0 unspecified atom stereocenters. The largest absolute Gasteiger partial charge is 0.480 e. The van der Waals surface area contributed by atoms with Crippen LogP contribution in [0.25, 0.3) is 16.8 Å². The summed E-state index contributed by atoms with van der Waals surface area (Å²) in [6.07, 6.45) is 7.27. The van der Waals surface area contributed by atoms with E-state index in [1.54, 1.807) is 12.0 Å². The smallest absolute Gasteiger partial charge is 0.266 e. The van der Waals surface area contributed by atoms with Crippen molar-refractivity contribution in [3.05, 3.63) is 77.2 Å². The van der Waals surface area contributed by atoms with Crippen LogP contribution in [0.1, 0.15) is 5.56 Å². The molecule has 1 heterocycles. The average Bonchev–Trinajstić information content (AvgIpc) is 3.11. The highest BCUT2D eigenvalue weighted by Gasteiger charge is 2.33. The second-order valence-corrected chi connectivity index (χ2v) is 7.99. The minimum atomic E-state index is -0.113. The van der Waals surface area contributed by atoms with Gasteiger partial charge in [-0.3, -0.25) is 9.69 Å². The van der Waals surface area contributed by atoms with Crippen LogP contribution in [0.3, 0.4) is 0 Å². The number of ether oxygens (including phenoxy) is 2. The zero-order valence-electron chi connectivity index (χ0n) is 17.7. The van der Waals surface area contributed by atoms with E-state index in [9.17, 15) is 4.79 Å². The molecule has 1 fully saturated rings. The van der Waals surface area contributed by atoms with E-state index in [0.717, 1.165) is 22.0 Å². The zero-order valence-corrected chi connectivity index (χ0v) is 18.5. The standard InChI is InChI=1S/C26H22N2O3S/c1-3-16-31-23-14-13-19-9-7-8-12-21(19)22(23)18-24-25(29)28(15-17-30-2)26(32-24)27-20-10-5-4-6-11-20/h1,4-14,18H,15-17H2,2H3/b24-18+,27-26?. The predicted molar refractivity (Wildman–Crippen MR) is 131 cm³/mol. The number of rotatable bonds is 7. The first-order chi connectivity index (χ1) is 15.7. The molecular formula is C26H22N2O3S. The summed E-state index contributed by atoms with van der Waals surface area (Å²) < 4.78 is 11.0. The average molecular weight is 443 g/mol. The van der Waals surface area contributed by atoms with Gasteiger partial charge in [0.1, 0.15) is 12.4 Å². The van der Waals surface area contributed by atoms with E-state index in [-0.39, 0.29) is 12.5 Å². The van der Waals surface area contributed by atoms with Gasteiger partial charge in [-0.25, -0.2) is 4.99 Å². The number of amidine groups is 1. The molecule has 5 nitrogen and oxygen atoms in total. The minimum Gasteiger partial charge on any atom is -0.480 e. The Bertz CT molecular complexity index is 1230. The second-order valence-electron chi connectivity index (χ2n) is 6.98. The van der Waals surface area contributed by atoms with Gasteiger partial charge < -0.3 is 9.47 Å². The van der Waals surface area contributed by atoms with Gasteiger partial charge in [-0.2, -0.15) is 0 Å².